The Morgan fingerprint density at radius 1 is 0.606 bits per heavy atom. The summed E-state index contributed by atoms with van der Waals surface area (Å²) in [5.74, 6) is 0. The molecule has 3 heteroatoms. The molecule has 0 aliphatic heterocycles. The maximum atomic E-state index is 6.49. The fourth-order valence-corrected chi connectivity index (χ4v) is 5.04. The summed E-state index contributed by atoms with van der Waals surface area (Å²) in [4.78, 5) is 4.64. The Hall–Kier alpha value is -4.37. The molecule has 7 rings (SSSR count). The van der Waals surface area contributed by atoms with Gasteiger partial charge in [-0.1, -0.05) is 66.7 Å². The lowest BCUT2D eigenvalue weighted by molar-refractivity contribution is 0.663. The average Bonchev–Trinajstić information content (AvgIpc) is 3.43. The Bertz CT molecular complexity index is 1820. The lowest BCUT2D eigenvalue weighted by Gasteiger charge is -2.11. The second kappa shape index (κ2) is 6.81. The molecule has 3 aromatic heterocycles. The summed E-state index contributed by atoms with van der Waals surface area (Å²) in [6.45, 7) is 2.16. The largest absolute Gasteiger partial charge is 0.455 e. The van der Waals surface area contributed by atoms with Crippen molar-refractivity contribution < 1.29 is 8.83 Å². The first kappa shape index (κ1) is 18.2. The molecule has 3 heterocycles. The van der Waals surface area contributed by atoms with E-state index in [9.17, 15) is 0 Å². The summed E-state index contributed by atoms with van der Waals surface area (Å²) in [6.07, 6.45) is 1.88. The van der Waals surface area contributed by atoms with Crippen LogP contribution in [0.1, 0.15) is 5.56 Å². The Morgan fingerprint density at radius 2 is 1.24 bits per heavy atom. The molecule has 0 aliphatic rings. The normalized spacial score (nSPS) is 11.8. The number of furan rings is 2. The van der Waals surface area contributed by atoms with Crippen LogP contribution in [0.4, 0.5) is 0 Å². The van der Waals surface area contributed by atoms with E-state index in [1.165, 1.54) is 0 Å². The molecule has 7 aromatic rings. The molecular formula is C30H19NO2. The van der Waals surface area contributed by atoms with E-state index in [0.29, 0.717) is 0 Å². The highest BCUT2D eigenvalue weighted by Crippen LogP contribution is 2.46. The minimum Gasteiger partial charge on any atom is -0.455 e. The number of pyridine rings is 1. The summed E-state index contributed by atoms with van der Waals surface area (Å²) in [5.41, 5.74) is 8.82. The third-order valence-corrected chi connectivity index (χ3v) is 6.51. The first-order valence-corrected chi connectivity index (χ1v) is 11.1. The van der Waals surface area contributed by atoms with E-state index in [4.69, 9.17) is 8.83 Å². The smallest absolute Gasteiger partial charge is 0.147 e. The number of nitrogens with zero attached hydrogens (tertiary/aromatic N) is 1. The molecule has 0 spiro atoms. The Morgan fingerprint density at radius 3 is 2.00 bits per heavy atom. The minimum absolute atomic E-state index is 0.852. The first-order valence-electron chi connectivity index (χ1n) is 11.1. The highest BCUT2D eigenvalue weighted by molar-refractivity contribution is 6.26. The van der Waals surface area contributed by atoms with Crippen molar-refractivity contribution in [3.05, 3.63) is 103 Å². The summed E-state index contributed by atoms with van der Waals surface area (Å²) in [6, 6.07) is 30.9. The SMILES string of the molecule is Cc1c(-c2ccnc(-c3ccccc3)c2)c2oc3ccccc3c2c2oc3ccccc3c12. The molecule has 0 unspecified atom stereocenters. The predicted octanol–water partition coefficient (Wildman–Crippen LogP) is 8.52. The van der Waals surface area contributed by atoms with Crippen LogP contribution < -0.4 is 0 Å². The highest BCUT2D eigenvalue weighted by atomic mass is 16.3. The first-order chi connectivity index (χ1) is 16.3. The molecule has 0 aliphatic carbocycles. The van der Waals surface area contributed by atoms with Crippen molar-refractivity contribution in [1.82, 2.24) is 4.98 Å². The van der Waals surface area contributed by atoms with Gasteiger partial charge in [0.1, 0.15) is 22.3 Å². The van der Waals surface area contributed by atoms with Gasteiger partial charge in [-0.15, -0.1) is 0 Å². The summed E-state index contributed by atoms with van der Waals surface area (Å²) in [5, 5.41) is 4.35. The molecule has 156 valence electrons. The molecule has 0 saturated carbocycles. The van der Waals surface area contributed by atoms with Crippen molar-refractivity contribution >= 4 is 43.9 Å². The summed E-state index contributed by atoms with van der Waals surface area (Å²) >= 11 is 0. The fourth-order valence-electron chi connectivity index (χ4n) is 5.04. The van der Waals surface area contributed by atoms with Crippen LogP contribution >= 0.6 is 0 Å². The molecule has 0 atom stereocenters. The fraction of sp³-hybridized carbons (Fsp3) is 0.0333. The van der Waals surface area contributed by atoms with E-state index in [-0.39, 0.29) is 0 Å². The van der Waals surface area contributed by atoms with Crippen LogP contribution in [0.3, 0.4) is 0 Å². The van der Waals surface area contributed by atoms with E-state index in [1.54, 1.807) is 0 Å². The van der Waals surface area contributed by atoms with Gasteiger partial charge in [0.15, 0.2) is 0 Å². The van der Waals surface area contributed by atoms with Crippen LogP contribution in [-0.2, 0) is 0 Å². The van der Waals surface area contributed by atoms with Crippen molar-refractivity contribution in [2.45, 2.75) is 6.92 Å². The standard InChI is InChI=1S/C30H19NO2/c1-18-26(20-15-16-31-23(17-20)19-9-3-2-4-10-19)29-28(22-12-6-8-14-25(22)32-29)30-27(18)21-11-5-7-13-24(21)33-30/h2-17H,1H3. The third-order valence-electron chi connectivity index (χ3n) is 6.51. The summed E-state index contributed by atoms with van der Waals surface area (Å²) in [7, 11) is 0. The molecule has 0 bridgehead atoms. The highest BCUT2D eigenvalue weighted by Gasteiger charge is 2.23. The molecule has 33 heavy (non-hydrogen) atoms. The topological polar surface area (TPSA) is 39.2 Å². The number of benzene rings is 4. The molecule has 0 amide bonds. The van der Waals surface area contributed by atoms with Crippen LogP contribution in [0.15, 0.2) is 106 Å². The molecular weight excluding hydrogens is 406 g/mol. The van der Waals surface area contributed by atoms with Crippen LogP contribution in [0, 0.1) is 6.92 Å². The monoisotopic (exact) mass is 425 g/mol. The van der Waals surface area contributed by atoms with Crippen LogP contribution in [0.25, 0.3) is 66.3 Å². The maximum absolute atomic E-state index is 6.49. The Labute approximate surface area is 189 Å². The van der Waals surface area contributed by atoms with Gasteiger partial charge in [-0.05, 0) is 42.3 Å². The van der Waals surface area contributed by atoms with Crippen molar-refractivity contribution in [3.8, 4) is 22.4 Å². The lowest BCUT2D eigenvalue weighted by atomic mass is 9.93. The van der Waals surface area contributed by atoms with Gasteiger partial charge in [0.25, 0.3) is 0 Å². The van der Waals surface area contributed by atoms with Gasteiger partial charge in [0.2, 0.25) is 0 Å². The molecule has 0 N–H and O–H groups in total. The van der Waals surface area contributed by atoms with Gasteiger partial charge in [-0.3, -0.25) is 4.98 Å². The lowest BCUT2D eigenvalue weighted by Crippen LogP contribution is -1.90. The van der Waals surface area contributed by atoms with E-state index in [2.05, 4.69) is 54.4 Å². The summed E-state index contributed by atoms with van der Waals surface area (Å²) < 4.78 is 12.9. The second-order valence-corrected chi connectivity index (χ2v) is 8.40. The van der Waals surface area contributed by atoms with E-state index in [0.717, 1.165) is 71.8 Å². The Balaban J connectivity index is 1.66. The molecule has 0 radical (unpaired) electrons. The predicted molar refractivity (Wildman–Crippen MR) is 134 cm³/mol. The number of para-hydroxylation sites is 2. The van der Waals surface area contributed by atoms with Crippen LogP contribution in [0.2, 0.25) is 0 Å². The zero-order valence-electron chi connectivity index (χ0n) is 18.0. The number of rotatable bonds is 2. The number of hydrogen-bond acceptors (Lipinski definition) is 3. The third kappa shape index (κ3) is 2.60. The van der Waals surface area contributed by atoms with Gasteiger partial charge in [-0.25, -0.2) is 0 Å². The van der Waals surface area contributed by atoms with Crippen molar-refractivity contribution in [2.75, 3.05) is 0 Å². The second-order valence-electron chi connectivity index (χ2n) is 8.40. The van der Waals surface area contributed by atoms with Gasteiger partial charge in [0.05, 0.1) is 11.1 Å². The van der Waals surface area contributed by atoms with Crippen molar-refractivity contribution in [2.24, 2.45) is 0 Å². The van der Waals surface area contributed by atoms with E-state index in [1.807, 2.05) is 54.7 Å². The molecule has 4 aromatic carbocycles. The number of hydrogen-bond donors (Lipinski definition) is 0. The zero-order valence-corrected chi connectivity index (χ0v) is 18.0. The van der Waals surface area contributed by atoms with Gasteiger partial charge >= 0.3 is 0 Å². The molecule has 0 fully saturated rings. The zero-order chi connectivity index (χ0) is 21.9. The quantitative estimate of drug-likeness (QED) is 0.279. The van der Waals surface area contributed by atoms with Crippen LogP contribution in [-0.4, -0.2) is 4.98 Å². The van der Waals surface area contributed by atoms with Crippen molar-refractivity contribution in [1.29, 1.82) is 0 Å². The van der Waals surface area contributed by atoms with Gasteiger partial charge < -0.3 is 8.83 Å². The number of aryl methyl sites for hydroxylation is 1. The number of aromatic nitrogens is 1. The van der Waals surface area contributed by atoms with E-state index >= 15 is 0 Å². The van der Waals surface area contributed by atoms with Gasteiger partial charge in [0, 0.05) is 33.5 Å². The average molecular weight is 425 g/mol. The van der Waals surface area contributed by atoms with Crippen LogP contribution in [0.5, 0.6) is 0 Å². The maximum Gasteiger partial charge on any atom is 0.147 e. The molecule has 3 nitrogen and oxygen atoms in total. The Kier molecular flexibility index (Phi) is 3.76. The van der Waals surface area contributed by atoms with E-state index < -0.39 is 0 Å². The van der Waals surface area contributed by atoms with Crippen molar-refractivity contribution in [3.63, 3.8) is 0 Å². The molecule has 0 saturated heterocycles. The minimum atomic E-state index is 0.852. The number of fused-ring (bicyclic) bond motifs is 7. The van der Waals surface area contributed by atoms with Gasteiger partial charge in [-0.2, -0.15) is 0 Å².